The van der Waals surface area contributed by atoms with Gasteiger partial charge in [-0.05, 0) is 31.9 Å². The number of alkyl halides is 1. The normalized spacial score (nSPS) is 10.6. The number of rotatable bonds is 4. The van der Waals surface area contributed by atoms with Gasteiger partial charge in [-0.15, -0.1) is 16.7 Å². The van der Waals surface area contributed by atoms with Crippen molar-refractivity contribution < 1.29 is 0 Å². The first kappa shape index (κ1) is 11.1. The number of halogens is 1. The molecule has 2 rings (SSSR count). The molecule has 2 aromatic rings. The summed E-state index contributed by atoms with van der Waals surface area (Å²) in [4.78, 5) is 0. The third-order valence-corrected chi connectivity index (χ3v) is 2.67. The van der Waals surface area contributed by atoms with Crippen molar-refractivity contribution in [2.75, 3.05) is 5.88 Å². The molecule has 0 saturated carbocycles. The first-order valence-electron chi connectivity index (χ1n) is 5.34. The topological polar surface area (TPSA) is 30.7 Å². The van der Waals surface area contributed by atoms with Crippen molar-refractivity contribution in [3.05, 3.63) is 41.7 Å². The van der Waals surface area contributed by atoms with E-state index in [1.807, 2.05) is 18.3 Å². The molecule has 0 spiro atoms. The summed E-state index contributed by atoms with van der Waals surface area (Å²) in [7, 11) is 0. The van der Waals surface area contributed by atoms with E-state index in [0.717, 1.165) is 24.2 Å². The maximum atomic E-state index is 5.64. The fraction of sp³-hybridized carbons (Fsp3) is 0.333. The molecule has 1 aromatic carbocycles. The highest BCUT2D eigenvalue weighted by atomic mass is 35.5. The van der Waals surface area contributed by atoms with Gasteiger partial charge in [-0.25, -0.2) is 4.68 Å². The van der Waals surface area contributed by atoms with Crippen molar-refractivity contribution in [3.63, 3.8) is 0 Å². The van der Waals surface area contributed by atoms with Crippen LogP contribution in [0.5, 0.6) is 0 Å². The SMILES string of the molecule is Cc1ccc(-n2cc(CCCCl)nn2)cc1. The standard InChI is InChI=1S/C12H14ClN3/c1-10-4-6-12(7-5-10)16-9-11(14-15-16)3-2-8-13/h4-7,9H,2-3,8H2,1H3. The van der Waals surface area contributed by atoms with Crippen molar-refractivity contribution >= 4 is 11.6 Å². The van der Waals surface area contributed by atoms with Gasteiger partial charge in [-0.1, -0.05) is 22.9 Å². The number of aryl methyl sites for hydroxylation is 2. The molecule has 16 heavy (non-hydrogen) atoms. The molecule has 1 heterocycles. The lowest BCUT2D eigenvalue weighted by atomic mass is 10.2. The summed E-state index contributed by atoms with van der Waals surface area (Å²) in [6.45, 7) is 2.07. The molecule has 0 unspecified atom stereocenters. The van der Waals surface area contributed by atoms with E-state index < -0.39 is 0 Å². The Morgan fingerprint density at radius 1 is 1.25 bits per heavy atom. The zero-order chi connectivity index (χ0) is 11.4. The summed E-state index contributed by atoms with van der Waals surface area (Å²) >= 11 is 5.64. The molecule has 4 heteroatoms. The minimum atomic E-state index is 0.664. The predicted octanol–water partition coefficient (Wildman–Crippen LogP) is 2.75. The fourth-order valence-corrected chi connectivity index (χ4v) is 1.62. The Bertz CT molecular complexity index is 448. The monoisotopic (exact) mass is 235 g/mol. The summed E-state index contributed by atoms with van der Waals surface area (Å²) in [6, 6.07) is 8.20. The second-order valence-corrected chi connectivity index (χ2v) is 4.16. The van der Waals surface area contributed by atoms with Crippen LogP contribution >= 0.6 is 11.6 Å². The molecule has 84 valence electrons. The number of hydrogen-bond acceptors (Lipinski definition) is 2. The molecule has 0 amide bonds. The van der Waals surface area contributed by atoms with Crippen LogP contribution in [0.1, 0.15) is 17.7 Å². The lowest BCUT2D eigenvalue weighted by Crippen LogP contribution is -1.94. The van der Waals surface area contributed by atoms with E-state index >= 15 is 0 Å². The minimum Gasteiger partial charge on any atom is -0.220 e. The van der Waals surface area contributed by atoms with Crippen LogP contribution in [0.2, 0.25) is 0 Å². The number of hydrogen-bond donors (Lipinski definition) is 0. The van der Waals surface area contributed by atoms with Crippen LogP contribution in [0.3, 0.4) is 0 Å². The molecular formula is C12H14ClN3. The van der Waals surface area contributed by atoms with Crippen molar-refractivity contribution in [3.8, 4) is 5.69 Å². The smallest absolute Gasteiger partial charge is 0.0832 e. The van der Waals surface area contributed by atoms with E-state index in [-0.39, 0.29) is 0 Å². The van der Waals surface area contributed by atoms with Gasteiger partial charge in [-0.2, -0.15) is 0 Å². The van der Waals surface area contributed by atoms with E-state index in [4.69, 9.17) is 11.6 Å². The van der Waals surface area contributed by atoms with Gasteiger partial charge in [0.1, 0.15) is 0 Å². The molecule has 0 aliphatic rings. The average molecular weight is 236 g/mol. The molecule has 0 aliphatic carbocycles. The average Bonchev–Trinajstić information content (AvgIpc) is 2.76. The lowest BCUT2D eigenvalue weighted by molar-refractivity contribution is 0.792. The van der Waals surface area contributed by atoms with Gasteiger partial charge in [0.25, 0.3) is 0 Å². The maximum absolute atomic E-state index is 5.64. The summed E-state index contributed by atoms with van der Waals surface area (Å²) in [5.74, 6) is 0.664. The Morgan fingerprint density at radius 3 is 2.69 bits per heavy atom. The molecule has 0 aliphatic heterocycles. The highest BCUT2D eigenvalue weighted by molar-refractivity contribution is 6.17. The Kier molecular flexibility index (Phi) is 3.57. The summed E-state index contributed by atoms with van der Waals surface area (Å²) in [5, 5.41) is 8.20. The molecule has 0 atom stereocenters. The maximum Gasteiger partial charge on any atom is 0.0832 e. The van der Waals surface area contributed by atoms with E-state index in [2.05, 4.69) is 29.4 Å². The zero-order valence-corrected chi connectivity index (χ0v) is 9.98. The van der Waals surface area contributed by atoms with Crippen molar-refractivity contribution in [1.82, 2.24) is 15.0 Å². The summed E-state index contributed by atoms with van der Waals surface area (Å²) < 4.78 is 1.79. The first-order valence-corrected chi connectivity index (χ1v) is 5.87. The van der Waals surface area contributed by atoms with Gasteiger partial charge < -0.3 is 0 Å². The van der Waals surface area contributed by atoms with Crippen molar-refractivity contribution in [1.29, 1.82) is 0 Å². The van der Waals surface area contributed by atoms with E-state index in [9.17, 15) is 0 Å². The number of nitrogens with zero attached hydrogens (tertiary/aromatic N) is 3. The van der Waals surface area contributed by atoms with Crippen LogP contribution in [0.15, 0.2) is 30.5 Å². The molecule has 0 N–H and O–H groups in total. The van der Waals surface area contributed by atoms with Crippen LogP contribution < -0.4 is 0 Å². The highest BCUT2D eigenvalue weighted by Crippen LogP contribution is 2.09. The summed E-state index contributed by atoms with van der Waals surface area (Å²) in [5.41, 5.74) is 3.27. The Labute approximate surface area is 100 Å². The fourth-order valence-electron chi connectivity index (χ4n) is 1.48. The van der Waals surface area contributed by atoms with Gasteiger partial charge in [-0.3, -0.25) is 0 Å². The van der Waals surface area contributed by atoms with Crippen LogP contribution in [-0.2, 0) is 6.42 Å². The molecule has 0 fully saturated rings. The van der Waals surface area contributed by atoms with Crippen molar-refractivity contribution in [2.45, 2.75) is 19.8 Å². The van der Waals surface area contributed by atoms with E-state index in [1.54, 1.807) is 4.68 Å². The van der Waals surface area contributed by atoms with Crippen LogP contribution in [0, 0.1) is 6.92 Å². The van der Waals surface area contributed by atoms with Crippen LogP contribution in [0.25, 0.3) is 5.69 Å². The van der Waals surface area contributed by atoms with E-state index in [0.29, 0.717) is 5.88 Å². The summed E-state index contributed by atoms with van der Waals surface area (Å²) in [6.07, 6.45) is 3.78. The van der Waals surface area contributed by atoms with Crippen LogP contribution in [-0.4, -0.2) is 20.9 Å². The van der Waals surface area contributed by atoms with Gasteiger partial charge in [0.2, 0.25) is 0 Å². The second kappa shape index (κ2) is 5.12. The molecule has 0 radical (unpaired) electrons. The van der Waals surface area contributed by atoms with Gasteiger partial charge in [0.05, 0.1) is 17.6 Å². The minimum absolute atomic E-state index is 0.664. The third-order valence-electron chi connectivity index (χ3n) is 2.41. The second-order valence-electron chi connectivity index (χ2n) is 3.78. The van der Waals surface area contributed by atoms with Gasteiger partial charge >= 0.3 is 0 Å². The zero-order valence-electron chi connectivity index (χ0n) is 9.23. The quantitative estimate of drug-likeness (QED) is 0.763. The van der Waals surface area contributed by atoms with Gasteiger partial charge in [0.15, 0.2) is 0 Å². The number of aromatic nitrogens is 3. The van der Waals surface area contributed by atoms with Gasteiger partial charge in [0, 0.05) is 5.88 Å². The Hall–Kier alpha value is -1.35. The van der Waals surface area contributed by atoms with Crippen molar-refractivity contribution in [2.24, 2.45) is 0 Å². The molecule has 3 nitrogen and oxygen atoms in total. The Morgan fingerprint density at radius 2 is 2.00 bits per heavy atom. The first-order chi connectivity index (χ1) is 7.79. The molecule has 1 aromatic heterocycles. The predicted molar refractivity (Wildman–Crippen MR) is 65.1 cm³/mol. The number of benzene rings is 1. The molecule has 0 saturated heterocycles. The van der Waals surface area contributed by atoms with Crippen LogP contribution in [0.4, 0.5) is 0 Å². The Balaban J connectivity index is 2.15. The lowest BCUT2D eigenvalue weighted by Gasteiger charge is -1.99. The largest absolute Gasteiger partial charge is 0.220 e. The third kappa shape index (κ3) is 2.61. The van der Waals surface area contributed by atoms with E-state index in [1.165, 1.54) is 5.56 Å². The molecular weight excluding hydrogens is 222 g/mol. The molecule has 0 bridgehead atoms. The highest BCUT2D eigenvalue weighted by Gasteiger charge is 2.01.